The van der Waals surface area contributed by atoms with Gasteiger partial charge in [0.05, 0.1) is 12.4 Å². The number of aliphatic hydroxyl groups is 1. The molecule has 0 aliphatic heterocycles. The van der Waals surface area contributed by atoms with E-state index >= 15 is 0 Å². The third-order valence-electron chi connectivity index (χ3n) is 2.98. The molecule has 0 unspecified atom stereocenters. The quantitative estimate of drug-likeness (QED) is 0.729. The monoisotopic (exact) mass is 231 g/mol. The highest BCUT2D eigenvalue weighted by Gasteiger charge is 2.21. The molecule has 1 aliphatic carbocycles. The minimum atomic E-state index is 0.158. The number of rotatable bonds is 5. The number of carbonyl (C=O) groups is 1. The molecule has 0 saturated heterocycles. The normalized spacial score (nSPS) is 17.7. The summed E-state index contributed by atoms with van der Waals surface area (Å²) in [6.45, 7) is 0.158. The Bertz CT molecular complexity index is 193. The summed E-state index contributed by atoms with van der Waals surface area (Å²) in [5.74, 6) is 1.37. The van der Waals surface area contributed by atoms with Crippen LogP contribution in [0, 0.1) is 0 Å². The molecule has 0 heterocycles. The molecule has 1 fully saturated rings. The minimum Gasteiger partial charge on any atom is -0.396 e. The molecule has 0 aromatic rings. The van der Waals surface area contributed by atoms with Crippen molar-refractivity contribution in [3.8, 4) is 0 Å². The van der Waals surface area contributed by atoms with Gasteiger partial charge in [-0.2, -0.15) is 0 Å². The zero-order chi connectivity index (χ0) is 11.1. The second-order valence-electron chi connectivity index (χ2n) is 4.07. The number of hydrogen-bond acceptors (Lipinski definition) is 3. The standard InChI is InChI=1S/C11H21NO2S/c1-12(10-5-3-2-4-6-10)11(14)9-15-8-7-13/h10,13H,2-9H2,1H3. The van der Waals surface area contributed by atoms with Crippen LogP contribution in [-0.2, 0) is 4.79 Å². The van der Waals surface area contributed by atoms with Crippen molar-refractivity contribution in [2.24, 2.45) is 0 Å². The van der Waals surface area contributed by atoms with E-state index in [1.165, 1.54) is 31.0 Å². The fraction of sp³-hybridized carbons (Fsp3) is 0.909. The Kier molecular flexibility index (Phi) is 6.10. The van der Waals surface area contributed by atoms with Crippen LogP contribution in [0.15, 0.2) is 0 Å². The van der Waals surface area contributed by atoms with E-state index in [1.807, 2.05) is 11.9 Å². The van der Waals surface area contributed by atoms with Gasteiger partial charge in [-0.1, -0.05) is 19.3 Å². The van der Waals surface area contributed by atoms with E-state index in [1.54, 1.807) is 0 Å². The van der Waals surface area contributed by atoms with E-state index in [0.29, 0.717) is 17.5 Å². The molecule has 0 spiro atoms. The highest BCUT2D eigenvalue weighted by Crippen LogP contribution is 2.22. The minimum absolute atomic E-state index is 0.158. The first-order valence-electron chi connectivity index (χ1n) is 5.70. The lowest BCUT2D eigenvalue weighted by Crippen LogP contribution is -2.39. The summed E-state index contributed by atoms with van der Waals surface area (Å²) in [5, 5.41) is 8.62. The Morgan fingerprint density at radius 1 is 1.40 bits per heavy atom. The summed E-state index contributed by atoms with van der Waals surface area (Å²) in [5.41, 5.74) is 0. The first-order valence-corrected chi connectivity index (χ1v) is 6.85. The summed E-state index contributed by atoms with van der Waals surface area (Å²) in [6.07, 6.45) is 6.15. The summed E-state index contributed by atoms with van der Waals surface area (Å²) in [7, 11) is 1.91. The van der Waals surface area contributed by atoms with Gasteiger partial charge in [0.1, 0.15) is 0 Å². The maximum absolute atomic E-state index is 11.7. The average Bonchev–Trinajstić information content (AvgIpc) is 2.29. The molecule has 1 rings (SSSR count). The van der Waals surface area contributed by atoms with Crippen LogP contribution >= 0.6 is 11.8 Å². The van der Waals surface area contributed by atoms with Gasteiger partial charge in [-0.05, 0) is 12.8 Å². The zero-order valence-electron chi connectivity index (χ0n) is 9.45. The summed E-state index contributed by atoms with van der Waals surface area (Å²) >= 11 is 1.51. The molecule has 4 heteroatoms. The molecule has 1 amide bonds. The van der Waals surface area contributed by atoms with E-state index in [-0.39, 0.29) is 12.5 Å². The molecule has 0 bridgehead atoms. The summed E-state index contributed by atoms with van der Waals surface area (Å²) < 4.78 is 0. The molecule has 3 nitrogen and oxygen atoms in total. The Morgan fingerprint density at radius 3 is 2.67 bits per heavy atom. The van der Waals surface area contributed by atoms with Crippen LogP contribution in [0.3, 0.4) is 0 Å². The highest BCUT2D eigenvalue weighted by molar-refractivity contribution is 7.99. The lowest BCUT2D eigenvalue weighted by Gasteiger charge is -2.31. The van der Waals surface area contributed by atoms with Gasteiger partial charge < -0.3 is 10.0 Å². The largest absolute Gasteiger partial charge is 0.396 e. The Labute approximate surface area is 96.2 Å². The van der Waals surface area contributed by atoms with Crippen molar-refractivity contribution in [1.29, 1.82) is 0 Å². The maximum Gasteiger partial charge on any atom is 0.232 e. The average molecular weight is 231 g/mol. The summed E-state index contributed by atoms with van der Waals surface area (Å²) in [6, 6.07) is 0.459. The second-order valence-corrected chi connectivity index (χ2v) is 5.18. The predicted molar refractivity (Wildman–Crippen MR) is 64.1 cm³/mol. The van der Waals surface area contributed by atoms with E-state index in [2.05, 4.69) is 0 Å². The van der Waals surface area contributed by atoms with Crippen molar-refractivity contribution in [3.63, 3.8) is 0 Å². The fourth-order valence-electron chi connectivity index (χ4n) is 2.00. The molecular formula is C11H21NO2S. The van der Waals surface area contributed by atoms with Crippen molar-refractivity contribution in [3.05, 3.63) is 0 Å². The second kappa shape index (κ2) is 7.12. The van der Waals surface area contributed by atoms with Gasteiger partial charge >= 0.3 is 0 Å². The van der Waals surface area contributed by atoms with Crippen molar-refractivity contribution in [1.82, 2.24) is 4.90 Å². The molecular weight excluding hydrogens is 210 g/mol. The SMILES string of the molecule is CN(C(=O)CSCCO)C1CCCCC1. The first-order chi connectivity index (χ1) is 7.25. The number of nitrogens with zero attached hydrogens (tertiary/aromatic N) is 1. The molecule has 15 heavy (non-hydrogen) atoms. The van der Waals surface area contributed by atoms with Crippen LogP contribution in [0.5, 0.6) is 0 Å². The molecule has 1 aliphatic rings. The zero-order valence-corrected chi connectivity index (χ0v) is 10.3. The number of thioether (sulfide) groups is 1. The third-order valence-corrected chi connectivity index (χ3v) is 3.90. The van der Waals surface area contributed by atoms with Gasteiger partial charge in [0.15, 0.2) is 0 Å². The van der Waals surface area contributed by atoms with Gasteiger partial charge in [-0.3, -0.25) is 4.79 Å². The Morgan fingerprint density at radius 2 is 2.07 bits per heavy atom. The van der Waals surface area contributed by atoms with Crippen molar-refractivity contribution < 1.29 is 9.90 Å². The topological polar surface area (TPSA) is 40.5 Å². The lowest BCUT2D eigenvalue weighted by atomic mass is 9.94. The first kappa shape index (κ1) is 12.8. The smallest absolute Gasteiger partial charge is 0.232 e. The Hall–Kier alpha value is -0.220. The van der Waals surface area contributed by atoms with E-state index in [4.69, 9.17) is 5.11 Å². The maximum atomic E-state index is 11.7. The van der Waals surface area contributed by atoms with Crippen LogP contribution in [0.25, 0.3) is 0 Å². The molecule has 0 aromatic heterocycles. The van der Waals surface area contributed by atoms with Gasteiger partial charge in [0.25, 0.3) is 0 Å². The van der Waals surface area contributed by atoms with E-state index in [0.717, 1.165) is 12.8 Å². The number of hydrogen-bond donors (Lipinski definition) is 1. The molecule has 0 radical (unpaired) electrons. The van der Waals surface area contributed by atoms with Crippen molar-refractivity contribution >= 4 is 17.7 Å². The lowest BCUT2D eigenvalue weighted by molar-refractivity contribution is -0.129. The van der Waals surface area contributed by atoms with Crippen LogP contribution in [0.2, 0.25) is 0 Å². The van der Waals surface area contributed by atoms with Crippen molar-refractivity contribution in [2.75, 3.05) is 25.2 Å². The molecule has 1 N–H and O–H groups in total. The molecule has 1 saturated carbocycles. The van der Waals surface area contributed by atoms with Crippen LogP contribution in [-0.4, -0.2) is 47.1 Å². The highest BCUT2D eigenvalue weighted by atomic mass is 32.2. The number of amides is 1. The number of carbonyl (C=O) groups excluding carboxylic acids is 1. The molecule has 88 valence electrons. The van der Waals surface area contributed by atoms with Gasteiger partial charge in [0, 0.05) is 18.8 Å². The van der Waals surface area contributed by atoms with Crippen LogP contribution in [0.1, 0.15) is 32.1 Å². The fourth-order valence-corrected chi connectivity index (χ4v) is 2.65. The van der Waals surface area contributed by atoms with Gasteiger partial charge in [0.2, 0.25) is 5.91 Å². The van der Waals surface area contributed by atoms with Gasteiger partial charge in [-0.15, -0.1) is 11.8 Å². The molecule has 0 atom stereocenters. The molecule has 0 aromatic carbocycles. The van der Waals surface area contributed by atoms with Crippen molar-refractivity contribution in [2.45, 2.75) is 38.1 Å². The third kappa shape index (κ3) is 4.43. The predicted octanol–water partition coefficient (Wildman–Crippen LogP) is 1.50. The van der Waals surface area contributed by atoms with Gasteiger partial charge in [-0.25, -0.2) is 0 Å². The number of aliphatic hydroxyl groups excluding tert-OH is 1. The van der Waals surface area contributed by atoms with E-state index in [9.17, 15) is 4.79 Å². The van der Waals surface area contributed by atoms with Crippen LogP contribution < -0.4 is 0 Å². The van der Waals surface area contributed by atoms with Crippen LogP contribution in [0.4, 0.5) is 0 Å². The Balaban J connectivity index is 2.24. The summed E-state index contributed by atoms with van der Waals surface area (Å²) in [4.78, 5) is 13.6. The van der Waals surface area contributed by atoms with E-state index < -0.39 is 0 Å².